The van der Waals surface area contributed by atoms with Crippen LogP contribution in [0, 0.1) is 0 Å². The molecule has 7 heteroatoms. The van der Waals surface area contributed by atoms with Gasteiger partial charge in [0.15, 0.2) is 0 Å². The van der Waals surface area contributed by atoms with E-state index >= 15 is 0 Å². The zero-order chi connectivity index (χ0) is 19.1. The summed E-state index contributed by atoms with van der Waals surface area (Å²) in [6.07, 6.45) is 5.43. The maximum Gasteiger partial charge on any atom is 0.138 e. The highest BCUT2D eigenvalue weighted by Gasteiger charge is 2.28. The number of thiazole rings is 2. The molecule has 0 saturated carbocycles. The number of aromatic nitrogens is 4. The van der Waals surface area contributed by atoms with Gasteiger partial charge in [-0.15, -0.1) is 22.7 Å². The molecule has 0 spiro atoms. The zero-order valence-corrected chi connectivity index (χ0v) is 16.6. The molecule has 1 aromatic carbocycles. The van der Waals surface area contributed by atoms with Crippen LogP contribution in [0.2, 0.25) is 0 Å². The van der Waals surface area contributed by atoms with Crippen LogP contribution in [0.5, 0.6) is 0 Å². The minimum Gasteiger partial charge on any atom is -0.378 e. The Morgan fingerprint density at radius 2 is 2.00 bits per heavy atom. The Hall–Kier alpha value is -2.87. The number of pyridine rings is 1. The lowest BCUT2D eigenvalue weighted by Gasteiger charge is -2.21. The number of aliphatic hydroxyl groups is 1. The third-order valence-corrected chi connectivity index (χ3v) is 6.61. The smallest absolute Gasteiger partial charge is 0.138 e. The molecule has 0 aliphatic heterocycles. The van der Waals surface area contributed by atoms with Gasteiger partial charge in [0, 0.05) is 45.9 Å². The van der Waals surface area contributed by atoms with Gasteiger partial charge in [-0.2, -0.15) is 0 Å². The number of hydrogen-bond donors (Lipinski definition) is 2. The van der Waals surface area contributed by atoms with Gasteiger partial charge in [-0.05, 0) is 30.7 Å². The lowest BCUT2D eigenvalue weighted by Crippen LogP contribution is -2.22. The summed E-state index contributed by atoms with van der Waals surface area (Å²) in [7, 11) is 0. The maximum absolute atomic E-state index is 11.0. The third kappa shape index (κ3) is 2.84. The second-order valence-electron chi connectivity index (χ2n) is 6.63. The highest BCUT2D eigenvalue weighted by molar-refractivity contribution is 7.13. The van der Waals surface area contributed by atoms with E-state index in [4.69, 9.17) is 4.98 Å². The summed E-state index contributed by atoms with van der Waals surface area (Å²) >= 11 is 3.04. The number of aromatic amines is 1. The average molecular weight is 405 g/mol. The van der Waals surface area contributed by atoms with Gasteiger partial charge in [0.25, 0.3) is 0 Å². The molecular weight excluding hydrogens is 388 g/mol. The number of nitrogens with zero attached hydrogens (tertiary/aromatic N) is 3. The molecule has 28 heavy (non-hydrogen) atoms. The molecule has 5 aromatic rings. The first kappa shape index (κ1) is 17.2. The first-order valence-corrected chi connectivity index (χ1v) is 10.5. The Kier molecular flexibility index (Phi) is 4.08. The van der Waals surface area contributed by atoms with Crippen LogP contribution in [0.3, 0.4) is 0 Å². The lowest BCUT2D eigenvalue weighted by atomic mass is 9.94. The van der Waals surface area contributed by atoms with Gasteiger partial charge in [-0.25, -0.2) is 15.0 Å². The van der Waals surface area contributed by atoms with Crippen LogP contribution in [-0.2, 0) is 5.60 Å². The number of nitrogens with one attached hydrogen (secondary N) is 1. The van der Waals surface area contributed by atoms with Crippen molar-refractivity contribution in [2.75, 3.05) is 0 Å². The molecule has 0 aliphatic carbocycles. The molecule has 138 valence electrons. The van der Waals surface area contributed by atoms with E-state index in [0.29, 0.717) is 5.01 Å². The maximum atomic E-state index is 11.0. The summed E-state index contributed by atoms with van der Waals surface area (Å²) in [5.74, 6) is 0. The normalized spacial score (nSPS) is 13.6. The zero-order valence-electron chi connectivity index (χ0n) is 15.0. The van der Waals surface area contributed by atoms with E-state index < -0.39 is 5.60 Å². The quantitative estimate of drug-likeness (QED) is 0.439. The van der Waals surface area contributed by atoms with Gasteiger partial charge < -0.3 is 10.1 Å². The van der Waals surface area contributed by atoms with E-state index in [1.54, 1.807) is 30.7 Å². The molecule has 1 atom stereocenters. The Labute approximate surface area is 169 Å². The van der Waals surface area contributed by atoms with Gasteiger partial charge >= 0.3 is 0 Å². The van der Waals surface area contributed by atoms with Crippen molar-refractivity contribution in [2.45, 2.75) is 12.5 Å². The lowest BCUT2D eigenvalue weighted by molar-refractivity contribution is 0.102. The average Bonchev–Trinajstić information content (AvgIpc) is 3.48. The molecule has 5 rings (SSSR count). The predicted molar refractivity (Wildman–Crippen MR) is 113 cm³/mol. The monoisotopic (exact) mass is 404 g/mol. The minimum absolute atomic E-state index is 0.676. The summed E-state index contributed by atoms with van der Waals surface area (Å²) in [6, 6.07) is 11.8. The molecule has 0 fully saturated rings. The number of H-pyrrole nitrogens is 1. The van der Waals surface area contributed by atoms with Crippen LogP contribution in [0.15, 0.2) is 65.7 Å². The van der Waals surface area contributed by atoms with E-state index in [0.717, 1.165) is 38.4 Å². The highest BCUT2D eigenvalue weighted by Crippen LogP contribution is 2.35. The van der Waals surface area contributed by atoms with Crippen molar-refractivity contribution in [1.29, 1.82) is 0 Å². The molecule has 0 amide bonds. The molecule has 0 radical (unpaired) electrons. The first-order chi connectivity index (χ1) is 13.6. The Morgan fingerprint density at radius 3 is 2.86 bits per heavy atom. The van der Waals surface area contributed by atoms with Crippen LogP contribution in [0.1, 0.15) is 17.5 Å². The summed E-state index contributed by atoms with van der Waals surface area (Å²) in [6.45, 7) is 1.77. The topological polar surface area (TPSA) is 74.7 Å². The van der Waals surface area contributed by atoms with Gasteiger partial charge in [0.05, 0.1) is 5.69 Å². The second kappa shape index (κ2) is 6.63. The van der Waals surface area contributed by atoms with E-state index in [1.165, 1.54) is 11.3 Å². The molecular formula is C21H16N4OS2. The van der Waals surface area contributed by atoms with Gasteiger partial charge in [0.1, 0.15) is 21.3 Å². The number of benzene rings is 1. The van der Waals surface area contributed by atoms with Crippen LogP contribution in [0.25, 0.3) is 32.9 Å². The van der Waals surface area contributed by atoms with Gasteiger partial charge in [0.2, 0.25) is 0 Å². The van der Waals surface area contributed by atoms with Gasteiger partial charge in [-0.3, -0.25) is 0 Å². The van der Waals surface area contributed by atoms with E-state index in [9.17, 15) is 5.11 Å². The largest absolute Gasteiger partial charge is 0.378 e. The fourth-order valence-corrected chi connectivity index (χ4v) is 4.81. The van der Waals surface area contributed by atoms with E-state index in [1.807, 2.05) is 53.4 Å². The molecule has 4 heterocycles. The molecule has 0 saturated heterocycles. The molecule has 5 nitrogen and oxygen atoms in total. The standard InChI is InChI=1S/C21H16N4OS2/c1-21(26,20-23-8-9-27-20)14-5-2-4-13(10-14)17-12-28-19(25-17)16-11-24-18-15(16)6-3-7-22-18/h2-12,26H,1H3,(H,22,24)/t21-/m1/s1. The summed E-state index contributed by atoms with van der Waals surface area (Å²) in [4.78, 5) is 16.7. The van der Waals surface area contributed by atoms with Gasteiger partial charge in [-0.1, -0.05) is 18.2 Å². The highest BCUT2D eigenvalue weighted by atomic mass is 32.1. The Morgan fingerprint density at radius 1 is 1.07 bits per heavy atom. The Balaban J connectivity index is 1.53. The van der Waals surface area contributed by atoms with Crippen LogP contribution in [0.4, 0.5) is 0 Å². The SMILES string of the molecule is C[C@@](O)(c1cccc(-c2csc(-c3c[nH]c4ncccc34)n2)c1)c1nccs1. The predicted octanol–water partition coefficient (Wildman–Crippen LogP) is 5.07. The van der Waals surface area contributed by atoms with Crippen LogP contribution >= 0.6 is 22.7 Å². The molecule has 2 N–H and O–H groups in total. The van der Waals surface area contributed by atoms with Crippen molar-refractivity contribution in [3.8, 4) is 21.8 Å². The van der Waals surface area contributed by atoms with E-state index in [-0.39, 0.29) is 0 Å². The van der Waals surface area contributed by atoms with Crippen LogP contribution in [-0.4, -0.2) is 25.0 Å². The van der Waals surface area contributed by atoms with E-state index in [2.05, 4.69) is 15.0 Å². The second-order valence-corrected chi connectivity index (χ2v) is 8.38. The Bertz CT molecular complexity index is 1250. The van der Waals surface area contributed by atoms with Crippen molar-refractivity contribution in [3.05, 3.63) is 76.3 Å². The number of rotatable bonds is 4. The minimum atomic E-state index is -1.13. The molecule has 0 bridgehead atoms. The van der Waals surface area contributed by atoms with Crippen molar-refractivity contribution < 1.29 is 5.11 Å². The summed E-state index contributed by atoms with van der Waals surface area (Å²) in [5, 5.41) is 17.6. The first-order valence-electron chi connectivity index (χ1n) is 8.74. The van der Waals surface area contributed by atoms with Crippen molar-refractivity contribution in [2.24, 2.45) is 0 Å². The molecule has 0 unspecified atom stereocenters. The summed E-state index contributed by atoms with van der Waals surface area (Å²) in [5.41, 5.74) is 3.42. The number of hydrogen-bond acceptors (Lipinski definition) is 6. The third-order valence-electron chi connectivity index (χ3n) is 4.75. The van der Waals surface area contributed by atoms with Crippen LogP contribution < -0.4 is 0 Å². The number of fused-ring (bicyclic) bond motifs is 1. The van der Waals surface area contributed by atoms with Crippen molar-refractivity contribution in [3.63, 3.8) is 0 Å². The fourth-order valence-electron chi connectivity index (χ4n) is 3.23. The molecule has 0 aliphatic rings. The van der Waals surface area contributed by atoms with Crippen molar-refractivity contribution in [1.82, 2.24) is 19.9 Å². The molecule has 4 aromatic heterocycles. The summed E-state index contributed by atoms with van der Waals surface area (Å²) < 4.78 is 0. The fraction of sp³-hybridized carbons (Fsp3) is 0.0952. The van der Waals surface area contributed by atoms with Crippen molar-refractivity contribution >= 4 is 33.7 Å².